The highest BCUT2D eigenvalue weighted by Gasteiger charge is 2.28. The van der Waals surface area contributed by atoms with Crippen LogP contribution in [0.2, 0.25) is 0 Å². The normalized spacial score (nSPS) is 12.5. The molecule has 0 aliphatic rings. The lowest BCUT2D eigenvalue weighted by Crippen LogP contribution is -2.52. The van der Waals surface area contributed by atoms with E-state index in [1.165, 1.54) is 244 Å². The molecule has 0 aliphatic heterocycles. The Hall–Kier alpha value is -1.61. The Bertz CT molecular complexity index is 991. The first-order valence-corrected chi connectivity index (χ1v) is 28.6. The van der Waals surface area contributed by atoms with E-state index in [0.29, 0.717) is 11.9 Å². The number of rotatable bonds is 50. The Balaban J connectivity index is 4.51. The zero-order valence-electron chi connectivity index (χ0n) is 44.1. The standard InChI is InChI=1S/C60H115N2O/c1-7-10-13-16-19-22-25-28-31-34-36-39-42-45-48-51-54-59(55-52-49-46-43-40-37-35-32-29-26-23-20-17-14-11-8-2)62(5,6)58-57-61(4)60(63)56-53-50-47-44-41-38-33-30-27-24-21-18-15-12-9-3/h19-20,22-23,28-29,31-32,59H,7-18,21,24-27,30,33-58H2,1-6H3/q+1/b22-19-,23-20-,31-28-,32-29-. The maximum Gasteiger partial charge on any atom is 0.222 e. The topological polar surface area (TPSA) is 20.3 Å². The summed E-state index contributed by atoms with van der Waals surface area (Å²) in [5, 5.41) is 0. The van der Waals surface area contributed by atoms with E-state index in [0.717, 1.165) is 43.3 Å². The SMILES string of the molecule is CCCCC/C=C\C/C=C\CCCCCCCCC(CCCCCCCC/C=C\C/C=C\CCCCC)[N+](C)(C)CCN(C)C(=O)CCCCCCCCCCCCCCCCC. The highest BCUT2D eigenvalue weighted by atomic mass is 16.2. The Morgan fingerprint density at radius 3 is 1.05 bits per heavy atom. The molecule has 0 aromatic heterocycles. The molecule has 0 unspecified atom stereocenters. The summed E-state index contributed by atoms with van der Waals surface area (Å²) >= 11 is 0. The van der Waals surface area contributed by atoms with Crippen molar-refractivity contribution < 1.29 is 9.28 Å². The minimum atomic E-state index is 0.358. The fourth-order valence-corrected chi connectivity index (χ4v) is 9.13. The third-order valence-corrected chi connectivity index (χ3v) is 13.9. The van der Waals surface area contributed by atoms with E-state index in [1.807, 2.05) is 0 Å². The molecule has 0 heterocycles. The highest BCUT2D eigenvalue weighted by Crippen LogP contribution is 2.23. The van der Waals surface area contributed by atoms with Gasteiger partial charge in [0.15, 0.2) is 0 Å². The first-order chi connectivity index (χ1) is 30.9. The lowest BCUT2D eigenvalue weighted by Gasteiger charge is -2.39. The van der Waals surface area contributed by atoms with Gasteiger partial charge >= 0.3 is 0 Å². The van der Waals surface area contributed by atoms with Crippen LogP contribution in [0, 0.1) is 0 Å². The van der Waals surface area contributed by atoms with E-state index < -0.39 is 0 Å². The Labute approximate surface area is 397 Å². The molecule has 0 aromatic carbocycles. The van der Waals surface area contributed by atoms with Gasteiger partial charge in [-0.3, -0.25) is 4.79 Å². The van der Waals surface area contributed by atoms with Crippen molar-refractivity contribution in [3.05, 3.63) is 48.6 Å². The molecule has 0 spiro atoms. The third-order valence-electron chi connectivity index (χ3n) is 13.9. The van der Waals surface area contributed by atoms with Gasteiger partial charge in [-0.25, -0.2) is 0 Å². The van der Waals surface area contributed by atoms with Gasteiger partial charge in [0.1, 0.15) is 0 Å². The number of hydrogen-bond donors (Lipinski definition) is 0. The summed E-state index contributed by atoms with van der Waals surface area (Å²) in [6, 6.07) is 0.695. The smallest absolute Gasteiger partial charge is 0.222 e. The van der Waals surface area contributed by atoms with Gasteiger partial charge in [-0.1, -0.05) is 236 Å². The van der Waals surface area contributed by atoms with Gasteiger partial charge in [-0.15, -0.1) is 0 Å². The van der Waals surface area contributed by atoms with Crippen molar-refractivity contribution in [3.8, 4) is 0 Å². The number of amides is 1. The quantitative estimate of drug-likeness (QED) is 0.0339. The lowest BCUT2D eigenvalue weighted by atomic mass is 9.97. The summed E-state index contributed by atoms with van der Waals surface area (Å²) in [6.07, 6.45) is 74.4. The number of carbonyl (C=O) groups is 1. The van der Waals surface area contributed by atoms with Crippen molar-refractivity contribution in [1.29, 1.82) is 0 Å². The Kier molecular flexibility index (Phi) is 48.5. The molecule has 0 fully saturated rings. The van der Waals surface area contributed by atoms with Crippen LogP contribution in [0.5, 0.6) is 0 Å². The Morgan fingerprint density at radius 1 is 0.397 bits per heavy atom. The summed E-state index contributed by atoms with van der Waals surface area (Å²) < 4.78 is 1.05. The molecular formula is C60H115N2O+. The van der Waals surface area contributed by atoms with Gasteiger partial charge in [-0.05, 0) is 96.3 Å². The van der Waals surface area contributed by atoms with Gasteiger partial charge in [0.05, 0.1) is 33.2 Å². The van der Waals surface area contributed by atoms with E-state index in [1.54, 1.807) is 0 Å². The van der Waals surface area contributed by atoms with Crippen LogP contribution in [0.15, 0.2) is 48.6 Å². The molecule has 0 N–H and O–H groups in total. The number of hydrogen-bond acceptors (Lipinski definition) is 1. The average molecular weight is 881 g/mol. The van der Waals surface area contributed by atoms with Gasteiger partial charge in [0.25, 0.3) is 0 Å². The zero-order valence-corrected chi connectivity index (χ0v) is 44.1. The van der Waals surface area contributed by atoms with Crippen LogP contribution in [0.4, 0.5) is 0 Å². The monoisotopic (exact) mass is 880 g/mol. The molecular weight excluding hydrogens is 765 g/mol. The van der Waals surface area contributed by atoms with Crippen LogP contribution in [-0.2, 0) is 4.79 Å². The summed E-state index contributed by atoms with van der Waals surface area (Å²) in [6.45, 7) is 8.80. The molecule has 0 aromatic rings. The van der Waals surface area contributed by atoms with E-state index >= 15 is 0 Å². The first kappa shape index (κ1) is 61.4. The summed E-state index contributed by atoms with van der Waals surface area (Å²) in [5.74, 6) is 0.358. The predicted molar refractivity (Wildman–Crippen MR) is 286 cm³/mol. The molecule has 0 saturated heterocycles. The number of unbranched alkanes of at least 4 members (excludes halogenated alkanes) is 32. The molecule has 0 radical (unpaired) electrons. The highest BCUT2D eigenvalue weighted by molar-refractivity contribution is 5.75. The molecule has 0 saturated carbocycles. The van der Waals surface area contributed by atoms with E-state index in [4.69, 9.17) is 0 Å². The lowest BCUT2D eigenvalue weighted by molar-refractivity contribution is -0.915. The summed E-state index contributed by atoms with van der Waals surface area (Å²) in [4.78, 5) is 15.2. The zero-order chi connectivity index (χ0) is 46.0. The van der Waals surface area contributed by atoms with E-state index in [9.17, 15) is 4.79 Å². The van der Waals surface area contributed by atoms with Crippen LogP contribution >= 0.6 is 0 Å². The van der Waals surface area contributed by atoms with E-state index in [2.05, 4.69) is 95.4 Å². The molecule has 0 aliphatic carbocycles. The molecule has 0 atom stereocenters. The number of nitrogens with zero attached hydrogens (tertiary/aromatic N) is 2. The van der Waals surface area contributed by atoms with Gasteiger partial charge in [0, 0.05) is 13.5 Å². The second kappa shape index (κ2) is 49.8. The van der Waals surface area contributed by atoms with Crippen LogP contribution < -0.4 is 0 Å². The number of carbonyl (C=O) groups excluding carboxylic acids is 1. The van der Waals surface area contributed by atoms with Crippen molar-refractivity contribution in [3.63, 3.8) is 0 Å². The van der Waals surface area contributed by atoms with Crippen molar-refractivity contribution in [2.24, 2.45) is 0 Å². The van der Waals surface area contributed by atoms with Crippen molar-refractivity contribution in [2.75, 3.05) is 34.2 Å². The largest absolute Gasteiger partial charge is 0.340 e. The van der Waals surface area contributed by atoms with Gasteiger partial charge < -0.3 is 9.38 Å². The first-order valence-electron chi connectivity index (χ1n) is 28.6. The number of likely N-dealkylation sites (N-methyl/N-ethyl adjacent to an activating group) is 2. The van der Waals surface area contributed by atoms with Gasteiger partial charge in [0.2, 0.25) is 5.91 Å². The molecule has 3 nitrogen and oxygen atoms in total. The van der Waals surface area contributed by atoms with Gasteiger partial charge in [-0.2, -0.15) is 0 Å². The van der Waals surface area contributed by atoms with Crippen LogP contribution in [-0.4, -0.2) is 55.6 Å². The van der Waals surface area contributed by atoms with Crippen LogP contribution in [0.1, 0.15) is 290 Å². The maximum atomic E-state index is 13.1. The number of quaternary nitrogens is 1. The molecule has 0 bridgehead atoms. The fraction of sp³-hybridized carbons (Fsp3) is 0.850. The predicted octanol–water partition coefficient (Wildman–Crippen LogP) is 19.6. The third kappa shape index (κ3) is 45.3. The molecule has 370 valence electrons. The molecule has 63 heavy (non-hydrogen) atoms. The second-order valence-corrected chi connectivity index (χ2v) is 20.4. The molecule has 1 amide bonds. The second-order valence-electron chi connectivity index (χ2n) is 20.4. The molecule has 3 heteroatoms. The molecule has 0 rings (SSSR count). The minimum absolute atomic E-state index is 0.358. The summed E-state index contributed by atoms with van der Waals surface area (Å²) in [5.41, 5.74) is 0. The van der Waals surface area contributed by atoms with E-state index in [-0.39, 0.29) is 0 Å². The van der Waals surface area contributed by atoms with Crippen molar-refractivity contribution in [2.45, 2.75) is 296 Å². The Morgan fingerprint density at radius 2 is 0.683 bits per heavy atom. The fourth-order valence-electron chi connectivity index (χ4n) is 9.13. The van der Waals surface area contributed by atoms with Crippen LogP contribution in [0.25, 0.3) is 0 Å². The average Bonchev–Trinajstić information content (AvgIpc) is 3.28. The van der Waals surface area contributed by atoms with Crippen molar-refractivity contribution >= 4 is 5.91 Å². The summed E-state index contributed by atoms with van der Waals surface area (Å²) in [7, 11) is 6.99. The maximum absolute atomic E-state index is 13.1. The van der Waals surface area contributed by atoms with Crippen LogP contribution in [0.3, 0.4) is 0 Å². The minimum Gasteiger partial charge on any atom is -0.340 e. The number of allylic oxidation sites excluding steroid dienone is 8. The van der Waals surface area contributed by atoms with Crippen molar-refractivity contribution in [1.82, 2.24) is 4.90 Å².